The number of phenolic OH excluding ortho intramolecular Hbond substituents is 1. The van der Waals surface area contributed by atoms with Crippen molar-refractivity contribution in [2.45, 2.75) is 32.9 Å². The van der Waals surface area contributed by atoms with E-state index in [-0.39, 0.29) is 23.9 Å². The lowest BCUT2D eigenvalue weighted by atomic mass is 10.0. The summed E-state index contributed by atoms with van der Waals surface area (Å²) in [5, 5.41) is 17.8. The number of carbonyl (C=O) groups is 3. The number of carbonyl (C=O) groups excluding carboxylic acids is 3. The van der Waals surface area contributed by atoms with Crippen molar-refractivity contribution in [3.63, 3.8) is 0 Å². The number of aryl methyl sites for hydroxylation is 1. The predicted molar refractivity (Wildman–Crippen MR) is 105 cm³/mol. The Labute approximate surface area is 162 Å². The zero-order chi connectivity index (χ0) is 20.5. The van der Waals surface area contributed by atoms with E-state index in [1.165, 1.54) is 11.0 Å². The zero-order valence-electron chi connectivity index (χ0n) is 15.9. The first-order valence-electron chi connectivity index (χ1n) is 8.77. The first-order valence-corrected chi connectivity index (χ1v) is 8.77. The number of nitrogens with one attached hydrogen (secondary N) is 3. The van der Waals surface area contributed by atoms with Gasteiger partial charge in [-0.2, -0.15) is 0 Å². The number of rotatable bonds is 4. The van der Waals surface area contributed by atoms with Crippen LogP contribution >= 0.6 is 0 Å². The molecule has 4 N–H and O–H groups in total. The second-order valence-electron chi connectivity index (χ2n) is 7.15. The lowest BCUT2D eigenvalue weighted by Crippen LogP contribution is -2.43. The summed E-state index contributed by atoms with van der Waals surface area (Å²) in [5.74, 6) is -0.506. The van der Waals surface area contributed by atoms with Gasteiger partial charge in [0.05, 0.1) is 5.69 Å². The Morgan fingerprint density at radius 3 is 2.39 bits per heavy atom. The van der Waals surface area contributed by atoms with Crippen LogP contribution in [0.5, 0.6) is 5.75 Å². The minimum atomic E-state index is -0.975. The SMILES string of the molecule is Cc1ccccc1NC(=O)Nc1ccc(CN2C(=O)NC(=O)C2(C)C)cc1O. The number of anilines is 2. The van der Waals surface area contributed by atoms with Gasteiger partial charge in [0.2, 0.25) is 0 Å². The van der Waals surface area contributed by atoms with E-state index in [2.05, 4.69) is 16.0 Å². The van der Waals surface area contributed by atoms with E-state index in [1.54, 1.807) is 32.0 Å². The van der Waals surface area contributed by atoms with Gasteiger partial charge in [0.15, 0.2) is 0 Å². The van der Waals surface area contributed by atoms with E-state index in [4.69, 9.17) is 0 Å². The average Bonchev–Trinajstić information content (AvgIpc) is 2.81. The average molecular weight is 382 g/mol. The largest absolute Gasteiger partial charge is 0.506 e. The molecule has 0 saturated carbocycles. The van der Waals surface area contributed by atoms with E-state index in [9.17, 15) is 19.5 Å². The molecule has 1 fully saturated rings. The van der Waals surface area contributed by atoms with Crippen molar-refractivity contribution in [3.05, 3.63) is 53.6 Å². The van der Waals surface area contributed by atoms with Crippen LogP contribution in [0.15, 0.2) is 42.5 Å². The summed E-state index contributed by atoms with van der Waals surface area (Å²) in [6.45, 7) is 5.33. The molecule has 8 heteroatoms. The summed E-state index contributed by atoms with van der Waals surface area (Å²) in [7, 11) is 0. The number of hydrogen-bond donors (Lipinski definition) is 4. The normalized spacial score (nSPS) is 15.3. The second kappa shape index (κ2) is 7.22. The molecule has 28 heavy (non-hydrogen) atoms. The summed E-state index contributed by atoms with van der Waals surface area (Å²) < 4.78 is 0. The molecule has 146 valence electrons. The minimum absolute atomic E-state index is 0.138. The molecule has 2 aromatic carbocycles. The number of hydrogen-bond acceptors (Lipinski definition) is 4. The molecule has 1 aliphatic heterocycles. The second-order valence-corrected chi connectivity index (χ2v) is 7.15. The standard InChI is InChI=1S/C20H22N4O4/c1-12-6-4-5-7-14(12)21-18(27)22-15-9-8-13(10-16(15)25)11-24-19(28)23-17(26)20(24,2)3/h4-10,25H,11H2,1-3H3,(H2,21,22,27)(H,23,26,28). The fourth-order valence-electron chi connectivity index (χ4n) is 2.92. The van der Waals surface area contributed by atoms with Crippen LogP contribution < -0.4 is 16.0 Å². The van der Waals surface area contributed by atoms with Gasteiger partial charge in [-0.1, -0.05) is 24.3 Å². The molecule has 0 aliphatic carbocycles. The van der Waals surface area contributed by atoms with Gasteiger partial charge < -0.3 is 20.6 Å². The number of amides is 5. The van der Waals surface area contributed by atoms with Gasteiger partial charge in [-0.15, -0.1) is 0 Å². The monoisotopic (exact) mass is 382 g/mol. The van der Waals surface area contributed by atoms with Crippen LogP contribution in [-0.4, -0.2) is 33.5 Å². The molecular weight excluding hydrogens is 360 g/mol. The molecule has 0 unspecified atom stereocenters. The Morgan fingerprint density at radius 2 is 1.79 bits per heavy atom. The highest BCUT2D eigenvalue weighted by Crippen LogP contribution is 2.28. The number of phenols is 1. The molecule has 5 amide bonds. The zero-order valence-corrected chi connectivity index (χ0v) is 15.9. The van der Waals surface area contributed by atoms with Gasteiger partial charge in [0, 0.05) is 12.2 Å². The third-order valence-electron chi connectivity index (χ3n) is 4.74. The molecule has 0 bridgehead atoms. The molecule has 1 saturated heterocycles. The summed E-state index contributed by atoms with van der Waals surface area (Å²) >= 11 is 0. The van der Waals surface area contributed by atoms with Crippen LogP contribution in [0.25, 0.3) is 0 Å². The maximum Gasteiger partial charge on any atom is 0.325 e. The van der Waals surface area contributed by atoms with E-state index < -0.39 is 17.6 Å². The van der Waals surface area contributed by atoms with Crippen LogP contribution in [-0.2, 0) is 11.3 Å². The summed E-state index contributed by atoms with van der Waals surface area (Å²) in [5.41, 5.74) is 1.47. The van der Waals surface area contributed by atoms with E-state index in [1.807, 2.05) is 25.1 Å². The van der Waals surface area contributed by atoms with Gasteiger partial charge in [-0.3, -0.25) is 10.1 Å². The van der Waals surface area contributed by atoms with Crippen LogP contribution in [0.4, 0.5) is 21.0 Å². The molecule has 8 nitrogen and oxygen atoms in total. The van der Waals surface area contributed by atoms with Gasteiger partial charge in [0.25, 0.3) is 5.91 Å². The molecule has 0 aromatic heterocycles. The maximum absolute atomic E-state index is 12.2. The van der Waals surface area contributed by atoms with E-state index in [0.717, 1.165) is 5.56 Å². The van der Waals surface area contributed by atoms with Crippen molar-refractivity contribution in [2.75, 3.05) is 10.6 Å². The highest BCUT2D eigenvalue weighted by atomic mass is 16.3. The molecule has 2 aromatic rings. The predicted octanol–water partition coefficient (Wildman–Crippen LogP) is 3.18. The fourth-order valence-corrected chi connectivity index (χ4v) is 2.92. The number of aromatic hydroxyl groups is 1. The molecular formula is C20H22N4O4. The minimum Gasteiger partial charge on any atom is -0.506 e. The Morgan fingerprint density at radius 1 is 1.11 bits per heavy atom. The van der Waals surface area contributed by atoms with Crippen LogP contribution in [0.1, 0.15) is 25.0 Å². The third-order valence-corrected chi connectivity index (χ3v) is 4.74. The van der Waals surface area contributed by atoms with Crippen molar-refractivity contribution >= 4 is 29.3 Å². The third kappa shape index (κ3) is 3.75. The highest BCUT2D eigenvalue weighted by Gasteiger charge is 2.45. The number of urea groups is 2. The first kappa shape index (κ1) is 19.2. The molecule has 1 aliphatic rings. The maximum atomic E-state index is 12.2. The number of imide groups is 1. The molecule has 0 spiro atoms. The van der Waals surface area contributed by atoms with Crippen molar-refractivity contribution in [3.8, 4) is 5.75 Å². The Kier molecular flexibility index (Phi) is 4.96. The number of nitrogens with zero attached hydrogens (tertiary/aromatic N) is 1. The first-order chi connectivity index (χ1) is 13.2. The lowest BCUT2D eigenvalue weighted by molar-refractivity contribution is -0.125. The highest BCUT2D eigenvalue weighted by molar-refractivity contribution is 6.06. The van der Waals surface area contributed by atoms with E-state index in [0.29, 0.717) is 11.3 Å². The van der Waals surface area contributed by atoms with Crippen LogP contribution in [0.2, 0.25) is 0 Å². The van der Waals surface area contributed by atoms with Crippen molar-refractivity contribution in [1.82, 2.24) is 10.2 Å². The van der Waals surface area contributed by atoms with Gasteiger partial charge in [-0.05, 0) is 50.1 Å². The molecule has 0 atom stereocenters. The van der Waals surface area contributed by atoms with Crippen molar-refractivity contribution < 1.29 is 19.5 Å². The molecule has 1 heterocycles. The van der Waals surface area contributed by atoms with Crippen LogP contribution in [0, 0.1) is 6.92 Å². The molecule has 0 radical (unpaired) electrons. The summed E-state index contributed by atoms with van der Waals surface area (Å²) in [6, 6.07) is 11.1. The number of benzene rings is 2. The van der Waals surface area contributed by atoms with Gasteiger partial charge in [0.1, 0.15) is 11.3 Å². The van der Waals surface area contributed by atoms with Crippen molar-refractivity contribution in [1.29, 1.82) is 0 Å². The van der Waals surface area contributed by atoms with Gasteiger partial charge >= 0.3 is 12.1 Å². The fraction of sp³-hybridized carbons (Fsp3) is 0.250. The quantitative estimate of drug-likeness (QED) is 0.481. The Balaban J connectivity index is 1.69. The Bertz CT molecular complexity index is 955. The Hall–Kier alpha value is -3.55. The number of para-hydroxylation sites is 1. The smallest absolute Gasteiger partial charge is 0.325 e. The van der Waals surface area contributed by atoms with E-state index >= 15 is 0 Å². The van der Waals surface area contributed by atoms with Gasteiger partial charge in [-0.25, -0.2) is 9.59 Å². The van der Waals surface area contributed by atoms with Crippen LogP contribution in [0.3, 0.4) is 0 Å². The summed E-state index contributed by atoms with van der Waals surface area (Å²) in [6.07, 6.45) is 0. The summed E-state index contributed by atoms with van der Waals surface area (Å²) in [4.78, 5) is 37.4. The topological polar surface area (TPSA) is 111 Å². The molecule has 3 rings (SSSR count). The van der Waals surface area contributed by atoms with Crippen molar-refractivity contribution in [2.24, 2.45) is 0 Å². The lowest BCUT2D eigenvalue weighted by Gasteiger charge is -2.28.